The number of aromatic nitrogens is 1. The number of nitrogens with one attached hydrogen (secondary N) is 2. The summed E-state index contributed by atoms with van der Waals surface area (Å²) < 4.78 is 0. The lowest BCUT2D eigenvalue weighted by Crippen LogP contribution is -2.33. The maximum atomic E-state index is 12.3. The van der Waals surface area contributed by atoms with Gasteiger partial charge in [0.05, 0.1) is 6.42 Å². The van der Waals surface area contributed by atoms with Crippen molar-refractivity contribution >= 4 is 16.8 Å². The highest BCUT2D eigenvalue weighted by atomic mass is 16.1. The Morgan fingerprint density at radius 2 is 1.78 bits per heavy atom. The Kier molecular flexibility index (Phi) is 3.41. The number of benzene rings is 2. The van der Waals surface area contributed by atoms with E-state index in [1.807, 2.05) is 30.5 Å². The van der Waals surface area contributed by atoms with Gasteiger partial charge >= 0.3 is 0 Å². The van der Waals surface area contributed by atoms with E-state index in [1.165, 1.54) is 5.56 Å². The topological polar surface area (TPSA) is 44.9 Å². The Labute approximate surface area is 135 Å². The Morgan fingerprint density at radius 3 is 2.57 bits per heavy atom. The zero-order chi connectivity index (χ0) is 15.7. The highest BCUT2D eigenvalue weighted by molar-refractivity contribution is 5.88. The molecule has 1 aliphatic rings. The third kappa shape index (κ3) is 2.74. The Hall–Kier alpha value is -2.55. The molecule has 116 valence electrons. The second-order valence-corrected chi connectivity index (χ2v) is 6.46. The molecule has 1 saturated carbocycles. The molecular formula is C20H20N2O. The molecule has 1 aromatic heterocycles. The highest BCUT2D eigenvalue weighted by Crippen LogP contribution is 2.47. The minimum Gasteiger partial charge on any atom is -0.361 e. The maximum absolute atomic E-state index is 12.3. The molecular weight excluding hydrogens is 284 g/mol. The van der Waals surface area contributed by atoms with Crippen LogP contribution in [0.5, 0.6) is 0 Å². The van der Waals surface area contributed by atoms with Crippen molar-refractivity contribution < 1.29 is 4.79 Å². The number of hydrogen-bond donors (Lipinski definition) is 2. The normalized spacial score (nSPS) is 15.5. The average molecular weight is 304 g/mol. The molecule has 0 saturated heterocycles. The quantitative estimate of drug-likeness (QED) is 0.744. The molecule has 4 rings (SSSR count). The van der Waals surface area contributed by atoms with Crippen molar-refractivity contribution in [1.82, 2.24) is 10.3 Å². The number of amides is 1. The van der Waals surface area contributed by atoms with Gasteiger partial charge in [0.25, 0.3) is 0 Å². The van der Waals surface area contributed by atoms with E-state index in [-0.39, 0.29) is 11.3 Å². The van der Waals surface area contributed by atoms with Crippen LogP contribution >= 0.6 is 0 Å². The molecule has 2 N–H and O–H groups in total. The van der Waals surface area contributed by atoms with Gasteiger partial charge in [-0.25, -0.2) is 0 Å². The van der Waals surface area contributed by atoms with Gasteiger partial charge in [0.2, 0.25) is 5.91 Å². The molecule has 0 aliphatic heterocycles. The fourth-order valence-electron chi connectivity index (χ4n) is 3.29. The fraction of sp³-hybridized carbons (Fsp3) is 0.250. The van der Waals surface area contributed by atoms with Crippen molar-refractivity contribution in [2.24, 2.45) is 0 Å². The van der Waals surface area contributed by atoms with E-state index in [0.29, 0.717) is 6.42 Å². The Morgan fingerprint density at radius 1 is 1.04 bits per heavy atom. The van der Waals surface area contributed by atoms with E-state index in [1.54, 1.807) is 0 Å². The molecule has 0 radical (unpaired) electrons. The number of carbonyl (C=O) groups is 1. The largest absolute Gasteiger partial charge is 0.361 e. The van der Waals surface area contributed by atoms with Crippen LogP contribution < -0.4 is 5.32 Å². The van der Waals surface area contributed by atoms with Crippen molar-refractivity contribution in [3.05, 3.63) is 71.9 Å². The van der Waals surface area contributed by atoms with Gasteiger partial charge in [-0.1, -0.05) is 48.5 Å². The van der Waals surface area contributed by atoms with E-state index < -0.39 is 0 Å². The summed E-state index contributed by atoms with van der Waals surface area (Å²) in [7, 11) is 0. The van der Waals surface area contributed by atoms with Crippen LogP contribution in [-0.4, -0.2) is 17.4 Å². The second-order valence-electron chi connectivity index (χ2n) is 6.46. The predicted octanol–water partition coefficient (Wildman–Crippen LogP) is 3.56. The van der Waals surface area contributed by atoms with Crippen LogP contribution in [0.4, 0.5) is 0 Å². The third-order valence-electron chi connectivity index (χ3n) is 4.89. The molecule has 1 amide bonds. The molecule has 0 bridgehead atoms. The number of para-hydroxylation sites is 1. The predicted molar refractivity (Wildman–Crippen MR) is 92.4 cm³/mol. The monoisotopic (exact) mass is 304 g/mol. The summed E-state index contributed by atoms with van der Waals surface area (Å²) in [6.45, 7) is 0.734. The third-order valence-corrected chi connectivity index (χ3v) is 4.89. The van der Waals surface area contributed by atoms with Crippen LogP contribution in [0, 0.1) is 0 Å². The van der Waals surface area contributed by atoms with Gasteiger partial charge in [0, 0.05) is 29.1 Å². The van der Waals surface area contributed by atoms with E-state index in [0.717, 1.165) is 35.9 Å². The van der Waals surface area contributed by atoms with E-state index >= 15 is 0 Å². The van der Waals surface area contributed by atoms with Crippen molar-refractivity contribution in [3.63, 3.8) is 0 Å². The van der Waals surface area contributed by atoms with E-state index in [9.17, 15) is 4.79 Å². The Balaban J connectivity index is 1.41. The van der Waals surface area contributed by atoms with Gasteiger partial charge < -0.3 is 10.3 Å². The van der Waals surface area contributed by atoms with E-state index in [4.69, 9.17) is 0 Å². The smallest absolute Gasteiger partial charge is 0.224 e. The summed E-state index contributed by atoms with van der Waals surface area (Å²) in [5, 5.41) is 4.27. The number of rotatable bonds is 5. The molecule has 1 heterocycles. The first-order valence-electron chi connectivity index (χ1n) is 8.14. The van der Waals surface area contributed by atoms with Crippen molar-refractivity contribution in [1.29, 1.82) is 0 Å². The van der Waals surface area contributed by atoms with Gasteiger partial charge in [0.15, 0.2) is 0 Å². The Bertz CT molecular complexity index is 831. The fourth-order valence-corrected chi connectivity index (χ4v) is 3.29. The van der Waals surface area contributed by atoms with Crippen molar-refractivity contribution in [2.45, 2.75) is 24.7 Å². The maximum Gasteiger partial charge on any atom is 0.224 e. The summed E-state index contributed by atoms with van der Waals surface area (Å²) in [5.74, 6) is 0.0944. The molecule has 3 heteroatoms. The van der Waals surface area contributed by atoms with Crippen LogP contribution in [0.2, 0.25) is 0 Å². The minimum absolute atomic E-state index is 0.0944. The molecule has 1 fully saturated rings. The summed E-state index contributed by atoms with van der Waals surface area (Å²) in [4.78, 5) is 15.6. The summed E-state index contributed by atoms with van der Waals surface area (Å²) in [6.07, 6.45) is 4.68. The van der Waals surface area contributed by atoms with Crippen LogP contribution in [0.1, 0.15) is 24.0 Å². The molecule has 3 aromatic rings. The van der Waals surface area contributed by atoms with Crippen LogP contribution in [0.15, 0.2) is 60.8 Å². The first kappa shape index (κ1) is 14.1. The van der Waals surface area contributed by atoms with Crippen LogP contribution in [0.25, 0.3) is 10.9 Å². The van der Waals surface area contributed by atoms with Gasteiger partial charge in [-0.2, -0.15) is 0 Å². The number of carbonyl (C=O) groups excluding carboxylic acids is 1. The van der Waals surface area contributed by atoms with Crippen LogP contribution in [-0.2, 0) is 16.6 Å². The highest BCUT2D eigenvalue weighted by Gasteiger charge is 2.44. The SMILES string of the molecule is O=C(Cc1c[nH]c2ccccc12)NCC1(c2ccccc2)CC1. The van der Waals surface area contributed by atoms with Gasteiger partial charge in [-0.15, -0.1) is 0 Å². The number of fused-ring (bicyclic) bond motifs is 1. The zero-order valence-corrected chi connectivity index (χ0v) is 13.0. The van der Waals surface area contributed by atoms with Gasteiger partial charge in [-0.3, -0.25) is 4.79 Å². The first-order chi connectivity index (χ1) is 11.3. The molecule has 1 aliphatic carbocycles. The van der Waals surface area contributed by atoms with Gasteiger partial charge in [-0.05, 0) is 30.0 Å². The molecule has 3 nitrogen and oxygen atoms in total. The molecule has 0 unspecified atom stereocenters. The lowest BCUT2D eigenvalue weighted by atomic mass is 9.96. The summed E-state index contributed by atoms with van der Waals surface area (Å²) in [6, 6.07) is 18.6. The summed E-state index contributed by atoms with van der Waals surface area (Å²) in [5.41, 5.74) is 3.64. The standard InChI is InChI=1S/C20H20N2O/c23-19(12-15-13-21-18-9-5-4-8-17(15)18)22-14-20(10-11-20)16-6-2-1-3-7-16/h1-9,13,21H,10-12,14H2,(H,22,23). The minimum atomic E-state index is 0.0944. The second kappa shape index (κ2) is 5.58. The number of hydrogen-bond acceptors (Lipinski definition) is 1. The lowest BCUT2D eigenvalue weighted by Gasteiger charge is -2.16. The lowest BCUT2D eigenvalue weighted by molar-refractivity contribution is -0.120. The first-order valence-corrected chi connectivity index (χ1v) is 8.14. The average Bonchev–Trinajstić information content (AvgIpc) is 3.30. The van der Waals surface area contributed by atoms with E-state index in [2.05, 4.69) is 40.6 Å². The molecule has 0 spiro atoms. The van der Waals surface area contributed by atoms with Gasteiger partial charge in [0.1, 0.15) is 0 Å². The number of H-pyrrole nitrogens is 1. The summed E-state index contributed by atoms with van der Waals surface area (Å²) >= 11 is 0. The molecule has 23 heavy (non-hydrogen) atoms. The molecule has 2 aromatic carbocycles. The van der Waals surface area contributed by atoms with Crippen molar-refractivity contribution in [2.75, 3.05) is 6.54 Å². The van der Waals surface area contributed by atoms with Crippen molar-refractivity contribution in [3.8, 4) is 0 Å². The molecule has 0 atom stereocenters. The zero-order valence-electron chi connectivity index (χ0n) is 13.0. The number of aromatic amines is 1. The van der Waals surface area contributed by atoms with Crippen LogP contribution in [0.3, 0.4) is 0 Å².